The van der Waals surface area contributed by atoms with Gasteiger partial charge in [0.1, 0.15) is 23.9 Å². The topological polar surface area (TPSA) is 87.9 Å². The maximum absolute atomic E-state index is 10.0. The summed E-state index contributed by atoms with van der Waals surface area (Å²) in [5, 5.41) is 16.0. The maximum atomic E-state index is 10.0. The number of halogens is 1. The van der Waals surface area contributed by atoms with Crippen LogP contribution in [-0.4, -0.2) is 36.4 Å². The van der Waals surface area contributed by atoms with Gasteiger partial charge in [-0.1, -0.05) is 24.6 Å². The first kappa shape index (κ1) is 19.2. The highest BCUT2D eigenvalue weighted by molar-refractivity contribution is 6.21. The van der Waals surface area contributed by atoms with E-state index in [1.54, 1.807) is 18.6 Å². The Morgan fingerprint density at radius 2 is 2.16 bits per heavy atom. The van der Waals surface area contributed by atoms with Crippen LogP contribution in [-0.2, 0) is 0 Å². The summed E-state index contributed by atoms with van der Waals surface area (Å²) in [6.07, 6.45) is 5.84. The number of hydrogen-bond acceptors (Lipinski definition) is 6. The van der Waals surface area contributed by atoms with E-state index in [-0.39, 0.29) is 0 Å². The van der Waals surface area contributed by atoms with Gasteiger partial charge < -0.3 is 15.7 Å². The number of rotatable bonds is 8. The molecule has 2 heterocycles. The third-order valence-electron chi connectivity index (χ3n) is 3.76. The summed E-state index contributed by atoms with van der Waals surface area (Å²) >= 11 is 6.27. The van der Waals surface area contributed by atoms with Gasteiger partial charge in [-0.25, -0.2) is 9.97 Å². The highest BCUT2D eigenvalue weighted by atomic mass is 35.5. The predicted octanol–water partition coefficient (Wildman–Crippen LogP) is 2.87. The van der Waals surface area contributed by atoms with E-state index in [1.807, 2.05) is 38.3 Å². The van der Waals surface area contributed by atoms with Gasteiger partial charge in [-0.05, 0) is 33.3 Å². The van der Waals surface area contributed by atoms with Crippen LogP contribution in [0, 0.1) is 13.8 Å². The van der Waals surface area contributed by atoms with Crippen molar-refractivity contribution < 1.29 is 5.11 Å². The SMILES string of the molecule is CC/C=C(\C)NC(O)CC(Cl)Nc1nccc(-n2cnc(C)c2C)n1. The van der Waals surface area contributed by atoms with Crippen LogP contribution < -0.4 is 10.6 Å². The lowest BCUT2D eigenvalue weighted by atomic mass is 10.3. The number of aromatic nitrogens is 4. The Hall–Kier alpha value is -2.12. The Kier molecular flexibility index (Phi) is 6.78. The van der Waals surface area contributed by atoms with Crippen molar-refractivity contribution in [2.45, 2.75) is 52.3 Å². The molecule has 0 fully saturated rings. The van der Waals surface area contributed by atoms with Crippen LogP contribution in [0.25, 0.3) is 5.82 Å². The number of aliphatic hydroxyl groups excluding tert-OH is 1. The second-order valence-corrected chi connectivity index (χ2v) is 6.35. The fraction of sp³-hybridized carbons (Fsp3) is 0.471. The number of aryl methyl sites for hydroxylation is 1. The molecule has 8 heteroatoms. The molecule has 0 spiro atoms. The predicted molar refractivity (Wildman–Crippen MR) is 99.7 cm³/mol. The molecule has 0 saturated heterocycles. The summed E-state index contributed by atoms with van der Waals surface area (Å²) in [4.78, 5) is 12.9. The lowest BCUT2D eigenvalue weighted by molar-refractivity contribution is 0.140. The molecule has 2 aromatic rings. The lowest BCUT2D eigenvalue weighted by Crippen LogP contribution is -2.32. The zero-order valence-electron chi connectivity index (χ0n) is 15.0. The molecule has 0 aliphatic carbocycles. The molecule has 0 aromatic carbocycles. The number of hydrogen-bond donors (Lipinski definition) is 3. The zero-order valence-corrected chi connectivity index (χ0v) is 15.7. The van der Waals surface area contributed by atoms with Crippen molar-refractivity contribution >= 4 is 17.5 Å². The van der Waals surface area contributed by atoms with Gasteiger partial charge in [-0.2, -0.15) is 4.98 Å². The van der Waals surface area contributed by atoms with Gasteiger partial charge in [-0.15, -0.1) is 0 Å². The summed E-state index contributed by atoms with van der Waals surface area (Å²) in [5.41, 5.74) is 2.37. The molecule has 25 heavy (non-hydrogen) atoms. The second kappa shape index (κ2) is 8.82. The highest BCUT2D eigenvalue weighted by Crippen LogP contribution is 2.14. The van der Waals surface area contributed by atoms with E-state index < -0.39 is 11.7 Å². The molecular weight excluding hydrogens is 340 g/mol. The van der Waals surface area contributed by atoms with Crippen molar-refractivity contribution in [3.05, 3.63) is 41.8 Å². The number of imidazole rings is 1. The molecule has 2 rings (SSSR count). The Morgan fingerprint density at radius 3 is 2.80 bits per heavy atom. The van der Waals surface area contributed by atoms with Crippen LogP contribution in [0.3, 0.4) is 0 Å². The summed E-state index contributed by atoms with van der Waals surface area (Å²) < 4.78 is 1.89. The van der Waals surface area contributed by atoms with Gasteiger partial charge in [-0.3, -0.25) is 4.57 Å². The van der Waals surface area contributed by atoms with Gasteiger partial charge in [0, 0.05) is 24.0 Å². The van der Waals surface area contributed by atoms with Gasteiger partial charge >= 0.3 is 0 Å². The highest BCUT2D eigenvalue weighted by Gasteiger charge is 2.14. The quantitative estimate of drug-likeness (QED) is 0.379. The van der Waals surface area contributed by atoms with Crippen LogP contribution in [0.4, 0.5) is 5.95 Å². The van der Waals surface area contributed by atoms with Crippen molar-refractivity contribution in [3.63, 3.8) is 0 Å². The smallest absolute Gasteiger partial charge is 0.225 e. The molecule has 2 unspecified atom stereocenters. The normalized spacial score (nSPS) is 14.2. The van der Waals surface area contributed by atoms with Crippen LogP contribution >= 0.6 is 11.6 Å². The Balaban J connectivity index is 1.99. The van der Waals surface area contributed by atoms with Gasteiger partial charge in [0.25, 0.3) is 0 Å². The third-order valence-corrected chi connectivity index (χ3v) is 4.05. The summed E-state index contributed by atoms with van der Waals surface area (Å²) in [6.45, 7) is 7.88. The van der Waals surface area contributed by atoms with Crippen LogP contribution in [0.15, 0.2) is 30.4 Å². The minimum absolute atomic E-state index is 0.299. The lowest BCUT2D eigenvalue weighted by Gasteiger charge is -2.18. The van der Waals surface area contributed by atoms with E-state index in [9.17, 15) is 5.11 Å². The molecular formula is C17H25ClN6O. The summed E-state index contributed by atoms with van der Waals surface area (Å²) in [5.74, 6) is 1.11. The monoisotopic (exact) mass is 364 g/mol. The van der Waals surface area contributed by atoms with Crippen molar-refractivity contribution in [2.24, 2.45) is 0 Å². The molecule has 0 bridgehead atoms. The molecule has 0 amide bonds. The van der Waals surface area contributed by atoms with E-state index in [2.05, 4.69) is 25.6 Å². The van der Waals surface area contributed by atoms with Gasteiger partial charge in [0.2, 0.25) is 5.95 Å². The largest absolute Gasteiger partial charge is 0.374 e. The molecule has 3 N–H and O–H groups in total. The van der Waals surface area contributed by atoms with Crippen molar-refractivity contribution in [3.8, 4) is 5.82 Å². The molecule has 2 atom stereocenters. The fourth-order valence-electron chi connectivity index (χ4n) is 2.36. The van der Waals surface area contributed by atoms with E-state index in [4.69, 9.17) is 11.6 Å². The number of allylic oxidation sites excluding steroid dienone is 2. The van der Waals surface area contributed by atoms with Gasteiger partial charge in [0.15, 0.2) is 0 Å². The summed E-state index contributed by atoms with van der Waals surface area (Å²) in [7, 11) is 0. The van der Waals surface area contributed by atoms with E-state index in [0.29, 0.717) is 18.2 Å². The third kappa shape index (κ3) is 5.44. The zero-order chi connectivity index (χ0) is 18.4. The first-order valence-electron chi connectivity index (χ1n) is 8.26. The first-order chi connectivity index (χ1) is 11.9. The molecule has 0 saturated carbocycles. The Morgan fingerprint density at radius 1 is 1.40 bits per heavy atom. The standard InChI is InChI=1S/C17H25ClN6O/c1-5-6-11(2)21-16(25)9-14(18)22-17-19-8-7-15(23-17)24-10-20-12(3)13(24)4/h6-8,10,14,16,21,25H,5,9H2,1-4H3,(H,19,22,23)/b11-6+. The average Bonchev–Trinajstić information content (AvgIpc) is 2.87. The molecule has 0 aliphatic rings. The number of alkyl halides is 1. The molecule has 0 aliphatic heterocycles. The summed E-state index contributed by atoms with van der Waals surface area (Å²) in [6, 6.07) is 1.80. The molecule has 7 nitrogen and oxygen atoms in total. The molecule has 136 valence electrons. The van der Waals surface area contributed by atoms with E-state index >= 15 is 0 Å². The minimum atomic E-state index is -0.750. The Labute approximate surface area is 153 Å². The van der Waals surface area contributed by atoms with E-state index in [0.717, 1.165) is 23.5 Å². The maximum Gasteiger partial charge on any atom is 0.225 e. The van der Waals surface area contributed by atoms with Crippen LogP contribution in [0.2, 0.25) is 0 Å². The number of anilines is 1. The average molecular weight is 365 g/mol. The van der Waals surface area contributed by atoms with Crippen LogP contribution in [0.1, 0.15) is 38.1 Å². The first-order valence-corrected chi connectivity index (χ1v) is 8.70. The number of nitrogens with zero attached hydrogens (tertiary/aromatic N) is 4. The van der Waals surface area contributed by atoms with E-state index in [1.165, 1.54) is 0 Å². The Bertz CT molecular complexity index is 730. The van der Waals surface area contributed by atoms with Crippen molar-refractivity contribution in [1.29, 1.82) is 0 Å². The number of aliphatic hydroxyl groups is 1. The number of nitrogens with one attached hydrogen (secondary N) is 2. The molecule has 0 radical (unpaired) electrons. The molecule has 2 aromatic heterocycles. The fourth-order valence-corrected chi connectivity index (χ4v) is 2.63. The second-order valence-electron chi connectivity index (χ2n) is 5.83. The minimum Gasteiger partial charge on any atom is -0.374 e. The van der Waals surface area contributed by atoms with Crippen LogP contribution in [0.5, 0.6) is 0 Å². The van der Waals surface area contributed by atoms with Crippen molar-refractivity contribution in [1.82, 2.24) is 24.8 Å². The van der Waals surface area contributed by atoms with Gasteiger partial charge in [0.05, 0.1) is 5.69 Å². The van der Waals surface area contributed by atoms with Crippen molar-refractivity contribution in [2.75, 3.05) is 5.32 Å².